The first kappa shape index (κ1) is 49.0. The van der Waals surface area contributed by atoms with Gasteiger partial charge in [0.25, 0.3) is 0 Å². The second kappa shape index (κ2) is 35.0. The molecule has 4 N–H and O–H groups in total. The van der Waals surface area contributed by atoms with E-state index >= 15 is 0 Å². The highest BCUT2D eigenvalue weighted by Crippen LogP contribution is 2.43. The summed E-state index contributed by atoms with van der Waals surface area (Å²) < 4.78 is 26.7. The largest absolute Gasteiger partial charge is 0.480 e. The topological polar surface area (TPSA) is 169 Å². The van der Waals surface area contributed by atoms with Crippen molar-refractivity contribution in [1.82, 2.24) is 5.32 Å². The molecule has 0 aliphatic rings. The van der Waals surface area contributed by atoms with Crippen molar-refractivity contribution in [2.24, 2.45) is 0 Å². The van der Waals surface area contributed by atoms with Gasteiger partial charge in [0, 0.05) is 12.8 Å². The van der Waals surface area contributed by atoms with Crippen LogP contribution in [0.2, 0.25) is 0 Å². The van der Waals surface area contributed by atoms with Crippen LogP contribution in [-0.4, -0.2) is 64.9 Å². The molecule has 0 spiro atoms. The number of aliphatic hydroxyl groups is 1. The van der Waals surface area contributed by atoms with Crippen LogP contribution >= 0.6 is 7.82 Å². The number of esters is 1. The van der Waals surface area contributed by atoms with Gasteiger partial charge in [-0.25, -0.2) is 9.36 Å². The van der Waals surface area contributed by atoms with Gasteiger partial charge < -0.3 is 25.2 Å². The molecular weight excluding hydrogens is 673 g/mol. The zero-order valence-electron chi connectivity index (χ0n) is 31.9. The van der Waals surface area contributed by atoms with Crippen molar-refractivity contribution in [3.63, 3.8) is 0 Å². The van der Waals surface area contributed by atoms with Crippen molar-refractivity contribution in [2.75, 3.05) is 19.8 Å². The number of hydrogen-bond acceptors (Lipinski definition) is 8. The van der Waals surface area contributed by atoms with Gasteiger partial charge in [-0.3, -0.25) is 18.6 Å². The average molecular weight is 746 g/mol. The van der Waals surface area contributed by atoms with Crippen molar-refractivity contribution in [3.8, 4) is 0 Å². The standard InChI is InChI=1S/C39H72NO10P/c1-3-5-7-9-11-13-15-16-17-18-19-20-21-23-25-27-29-31-38(43)48-32-35(41)33-49-51(46,47)50-34-36(39(44)45)40-37(42)30-28-26-24-22-14-12-10-8-6-4-2/h11,13,16-17,35-36,41H,3-10,12,14-15,18-34H2,1-2H3,(H,40,42)(H,44,45)(H,46,47)/b13-11-,17-16-. The number of carboxylic acids is 1. The maximum atomic E-state index is 12.2. The number of carbonyl (C=O) groups excluding carboxylic acids is 2. The quantitative estimate of drug-likeness (QED) is 0.0208. The lowest BCUT2D eigenvalue weighted by Gasteiger charge is -2.18. The van der Waals surface area contributed by atoms with Crippen LogP contribution in [0.15, 0.2) is 24.3 Å². The first-order chi connectivity index (χ1) is 24.6. The van der Waals surface area contributed by atoms with Gasteiger partial charge in [-0.1, -0.05) is 141 Å². The van der Waals surface area contributed by atoms with E-state index in [9.17, 15) is 34.1 Å². The number of aliphatic hydroxyl groups excluding tert-OH is 1. The maximum Gasteiger partial charge on any atom is 0.472 e. The fourth-order valence-corrected chi connectivity index (χ4v) is 6.12. The van der Waals surface area contributed by atoms with Crippen molar-refractivity contribution < 1.29 is 47.8 Å². The number of nitrogens with one attached hydrogen (secondary N) is 1. The molecule has 1 amide bonds. The van der Waals surface area contributed by atoms with E-state index in [-0.39, 0.29) is 12.8 Å². The molecule has 0 heterocycles. The Balaban J connectivity index is 3.92. The van der Waals surface area contributed by atoms with E-state index in [4.69, 9.17) is 13.8 Å². The lowest BCUT2D eigenvalue weighted by atomic mass is 10.1. The minimum absolute atomic E-state index is 0.148. The molecule has 0 saturated carbocycles. The number of carboxylic acid groups (broad SMARTS) is 1. The molecule has 0 aliphatic carbocycles. The molecule has 0 radical (unpaired) electrons. The summed E-state index contributed by atoms with van der Waals surface area (Å²) >= 11 is 0. The third-order valence-corrected chi connectivity index (χ3v) is 9.44. The van der Waals surface area contributed by atoms with Crippen LogP contribution in [0.3, 0.4) is 0 Å². The highest BCUT2D eigenvalue weighted by atomic mass is 31.2. The molecule has 0 aromatic rings. The minimum atomic E-state index is -4.75. The monoisotopic (exact) mass is 745 g/mol. The number of unbranched alkanes of at least 4 members (excludes halogenated alkanes) is 19. The Hall–Kier alpha value is -2.04. The predicted octanol–water partition coefficient (Wildman–Crippen LogP) is 9.50. The van der Waals surface area contributed by atoms with Crippen molar-refractivity contribution in [3.05, 3.63) is 24.3 Å². The number of ether oxygens (including phenoxy) is 1. The number of carbonyl (C=O) groups is 3. The third kappa shape index (κ3) is 34.8. The second-order valence-corrected chi connectivity index (χ2v) is 14.9. The molecule has 0 rings (SSSR count). The molecule has 12 heteroatoms. The number of phosphoric acid groups is 1. The van der Waals surface area contributed by atoms with Gasteiger partial charge in [-0.05, 0) is 44.9 Å². The van der Waals surface area contributed by atoms with E-state index in [1.165, 1.54) is 83.5 Å². The molecule has 3 unspecified atom stereocenters. The number of allylic oxidation sites excluding steroid dienone is 4. The molecule has 0 aliphatic heterocycles. The van der Waals surface area contributed by atoms with Crippen molar-refractivity contribution in [2.45, 2.75) is 187 Å². The molecular formula is C39H72NO10P. The fraction of sp³-hybridized carbons (Fsp3) is 0.821. The van der Waals surface area contributed by atoms with Crippen LogP contribution < -0.4 is 5.32 Å². The van der Waals surface area contributed by atoms with Crippen LogP contribution in [0.25, 0.3) is 0 Å². The number of rotatable bonds is 37. The van der Waals surface area contributed by atoms with E-state index in [0.29, 0.717) is 12.8 Å². The van der Waals surface area contributed by atoms with Gasteiger partial charge in [0.2, 0.25) is 5.91 Å². The Morgan fingerprint density at radius 3 is 1.63 bits per heavy atom. The Labute approximate surface area is 309 Å². The molecule has 298 valence electrons. The number of hydrogen-bond donors (Lipinski definition) is 4. The van der Waals surface area contributed by atoms with Crippen LogP contribution in [0.5, 0.6) is 0 Å². The Kier molecular flexibility index (Phi) is 33.6. The first-order valence-corrected chi connectivity index (χ1v) is 21.4. The number of aliphatic carboxylic acids is 1. The maximum absolute atomic E-state index is 12.2. The van der Waals surface area contributed by atoms with Crippen LogP contribution in [0.4, 0.5) is 0 Å². The lowest BCUT2D eigenvalue weighted by molar-refractivity contribution is -0.147. The summed E-state index contributed by atoms with van der Waals surface area (Å²) in [7, 11) is -4.75. The Morgan fingerprint density at radius 2 is 1.08 bits per heavy atom. The van der Waals surface area contributed by atoms with Gasteiger partial charge >= 0.3 is 19.8 Å². The zero-order valence-corrected chi connectivity index (χ0v) is 32.8. The number of phosphoric ester groups is 1. The molecule has 0 aromatic carbocycles. The molecule has 0 fully saturated rings. The predicted molar refractivity (Wildman–Crippen MR) is 203 cm³/mol. The van der Waals surface area contributed by atoms with E-state index in [1.54, 1.807) is 0 Å². The Bertz CT molecular complexity index is 974. The summed E-state index contributed by atoms with van der Waals surface area (Å²) in [6.07, 6.45) is 33.5. The SMILES string of the molecule is CCCCC/C=C\C/C=C\CCCCCCCCCC(=O)OCC(O)COP(=O)(O)OCC(NC(=O)CCCCCCCCCCCC)C(=O)O. The smallest absolute Gasteiger partial charge is 0.472 e. The van der Waals surface area contributed by atoms with Crippen molar-refractivity contribution in [1.29, 1.82) is 0 Å². The molecule has 51 heavy (non-hydrogen) atoms. The van der Waals surface area contributed by atoms with Crippen LogP contribution in [0.1, 0.15) is 174 Å². The highest BCUT2D eigenvalue weighted by molar-refractivity contribution is 7.47. The van der Waals surface area contributed by atoms with Crippen LogP contribution in [0, 0.1) is 0 Å². The summed E-state index contributed by atoms with van der Waals surface area (Å²) in [4.78, 5) is 45.7. The van der Waals surface area contributed by atoms with E-state index in [1.807, 2.05) is 0 Å². The van der Waals surface area contributed by atoms with Gasteiger partial charge in [0.1, 0.15) is 12.7 Å². The first-order valence-electron chi connectivity index (χ1n) is 19.9. The summed E-state index contributed by atoms with van der Waals surface area (Å²) in [6.45, 7) is 2.52. The van der Waals surface area contributed by atoms with Gasteiger partial charge in [-0.2, -0.15) is 0 Å². The van der Waals surface area contributed by atoms with Gasteiger partial charge in [-0.15, -0.1) is 0 Å². The number of amides is 1. The molecule has 11 nitrogen and oxygen atoms in total. The molecule has 0 bridgehead atoms. The highest BCUT2D eigenvalue weighted by Gasteiger charge is 2.28. The third-order valence-electron chi connectivity index (χ3n) is 8.49. The fourth-order valence-electron chi connectivity index (χ4n) is 5.34. The Morgan fingerprint density at radius 1 is 0.627 bits per heavy atom. The van der Waals surface area contributed by atoms with Gasteiger partial charge in [0.15, 0.2) is 6.04 Å². The minimum Gasteiger partial charge on any atom is -0.480 e. The van der Waals surface area contributed by atoms with E-state index in [2.05, 4.69) is 43.5 Å². The van der Waals surface area contributed by atoms with Gasteiger partial charge in [0.05, 0.1) is 13.2 Å². The van der Waals surface area contributed by atoms with Crippen molar-refractivity contribution >= 4 is 25.7 Å². The summed E-state index contributed by atoms with van der Waals surface area (Å²) in [5, 5.41) is 21.7. The van der Waals surface area contributed by atoms with E-state index < -0.39 is 57.6 Å². The second-order valence-electron chi connectivity index (χ2n) is 13.5. The molecule has 3 atom stereocenters. The average Bonchev–Trinajstić information content (AvgIpc) is 3.10. The lowest BCUT2D eigenvalue weighted by Crippen LogP contribution is -2.43. The van der Waals surface area contributed by atoms with E-state index in [0.717, 1.165) is 51.4 Å². The summed E-state index contributed by atoms with van der Waals surface area (Å²) in [6, 6.07) is -1.54. The summed E-state index contributed by atoms with van der Waals surface area (Å²) in [5.41, 5.74) is 0. The zero-order chi connectivity index (χ0) is 37.8. The molecule has 0 aromatic heterocycles. The summed E-state index contributed by atoms with van der Waals surface area (Å²) in [5.74, 6) is -2.38. The normalized spacial score (nSPS) is 14.1. The van der Waals surface area contributed by atoms with Crippen LogP contribution in [-0.2, 0) is 32.7 Å². The molecule has 0 saturated heterocycles.